The second kappa shape index (κ2) is 4.66. The predicted molar refractivity (Wildman–Crippen MR) is 55.0 cm³/mol. The molecule has 0 unspecified atom stereocenters. The molecule has 0 atom stereocenters. The normalized spacial score (nSPS) is 9.00. The molecule has 78 valence electrons. The van der Waals surface area contributed by atoms with Crippen LogP contribution < -0.4 is 5.73 Å². The van der Waals surface area contributed by atoms with Crippen LogP contribution in [0.25, 0.3) is 0 Å². The molecule has 6 heteroatoms. The molecule has 0 aliphatic rings. The highest BCUT2D eigenvalue weighted by Crippen LogP contribution is 2.07. The highest BCUT2D eigenvalue weighted by molar-refractivity contribution is 5.98. The van der Waals surface area contributed by atoms with Crippen molar-refractivity contribution in [2.75, 3.05) is 7.11 Å². The van der Waals surface area contributed by atoms with Crippen molar-refractivity contribution >= 4 is 24.2 Å². The first-order valence-corrected chi connectivity index (χ1v) is 3.65. The van der Waals surface area contributed by atoms with E-state index >= 15 is 0 Å². The highest BCUT2D eigenvalue weighted by atomic mass is 35.5. The summed E-state index contributed by atoms with van der Waals surface area (Å²) in [6.45, 7) is 0. The zero-order valence-electron chi connectivity index (χ0n) is 7.90. The quantitative estimate of drug-likeness (QED) is 0.431. The number of esters is 1. The van der Waals surface area contributed by atoms with E-state index in [0.717, 1.165) is 0 Å². The van der Waals surface area contributed by atoms with Crippen molar-refractivity contribution in [3.05, 3.63) is 23.5 Å². The Hall–Kier alpha value is -1.49. The Morgan fingerprint density at radius 1 is 1.64 bits per heavy atom. The number of rotatable bonds is 2. The van der Waals surface area contributed by atoms with Crippen molar-refractivity contribution in [1.29, 1.82) is 5.41 Å². The number of halogens is 1. The number of carbonyl (C=O) groups is 1. The third-order valence-electron chi connectivity index (χ3n) is 1.71. The SMILES string of the molecule is COC(=O)c1cc(C(=N)N)cn1C.Cl. The Labute approximate surface area is 87.8 Å². The number of ether oxygens (including phenoxy) is 1. The first-order chi connectivity index (χ1) is 6.06. The Morgan fingerprint density at radius 2 is 2.21 bits per heavy atom. The summed E-state index contributed by atoms with van der Waals surface area (Å²) in [5, 5.41) is 7.16. The summed E-state index contributed by atoms with van der Waals surface area (Å²) >= 11 is 0. The van der Waals surface area contributed by atoms with Crippen molar-refractivity contribution in [3.8, 4) is 0 Å². The number of nitrogen functional groups attached to an aromatic ring is 1. The molecule has 0 aliphatic heterocycles. The summed E-state index contributed by atoms with van der Waals surface area (Å²) in [7, 11) is 3.00. The molecule has 1 heterocycles. The number of hydrogen-bond donors (Lipinski definition) is 2. The number of carbonyl (C=O) groups excluding carboxylic acids is 1. The number of nitrogens with zero attached hydrogens (tertiary/aromatic N) is 1. The van der Waals surface area contributed by atoms with E-state index in [1.807, 2.05) is 0 Å². The minimum atomic E-state index is -0.435. The van der Waals surface area contributed by atoms with E-state index in [-0.39, 0.29) is 18.2 Å². The number of methoxy groups -OCH3 is 1. The van der Waals surface area contributed by atoms with Crippen molar-refractivity contribution in [2.24, 2.45) is 12.8 Å². The lowest BCUT2D eigenvalue weighted by Gasteiger charge is -1.98. The second-order valence-electron chi connectivity index (χ2n) is 2.63. The first kappa shape index (κ1) is 12.5. The highest BCUT2D eigenvalue weighted by Gasteiger charge is 2.12. The number of hydrogen-bond acceptors (Lipinski definition) is 3. The van der Waals surface area contributed by atoms with Gasteiger partial charge in [-0.3, -0.25) is 5.41 Å². The van der Waals surface area contributed by atoms with Gasteiger partial charge in [-0.15, -0.1) is 12.4 Å². The third kappa shape index (κ3) is 2.26. The molecule has 0 aliphatic carbocycles. The Bertz CT molecular complexity index is 359. The zero-order valence-corrected chi connectivity index (χ0v) is 8.72. The van der Waals surface area contributed by atoms with E-state index in [1.165, 1.54) is 13.2 Å². The minimum Gasteiger partial charge on any atom is -0.464 e. The maximum absolute atomic E-state index is 11.1. The van der Waals surface area contributed by atoms with Crippen LogP contribution in [0.15, 0.2) is 12.3 Å². The lowest BCUT2D eigenvalue weighted by molar-refractivity contribution is 0.0590. The van der Waals surface area contributed by atoms with Crippen molar-refractivity contribution in [1.82, 2.24) is 4.57 Å². The molecule has 5 nitrogen and oxygen atoms in total. The van der Waals surface area contributed by atoms with Crippen LogP contribution in [0.1, 0.15) is 16.1 Å². The molecule has 0 bridgehead atoms. The van der Waals surface area contributed by atoms with Gasteiger partial charge in [-0.2, -0.15) is 0 Å². The Kier molecular flexibility index (Phi) is 4.17. The van der Waals surface area contributed by atoms with Gasteiger partial charge in [-0.05, 0) is 6.07 Å². The van der Waals surface area contributed by atoms with Crippen LogP contribution in [-0.2, 0) is 11.8 Å². The van der Waals surface area contributed by atoms with Crippen LogP contribution in [-0.4, -0.2) is 23.5 Å². The smallest absolute Gasteiger partial charge is 0.354 e. The van der Waals surface area contributed by atoms with Gasteiger partial charge in [0.15, 0.2) is 0 Å². The molecule has 1 aromatic rings. The molecule has 0 spiro atoms. The van der Waals surface area contributed by atoms with Crippen molar-refractivity contribution in [3.63, 3.8) is 0 Å². The van der Waals surface area contributed by atoms with Gasteiger partial charge in [0, 0.05) is 18.8 Å². The summed E-state index contributed by atoms with van der Waals surface area (Å²) in [6.07, 6.45) is 1.61. The van der Waals surface area contributed by atoms with Gasteiger partial charge in [-0.25, -0.2) is 4.79 Å². The van der Waals surface area contributed by atoms with Gasteiger partial charge in [0.2, 0.25) is 0 Å². The maximum atomic E-state index is 11.1. The summed E-state index contributed by atoms with van der Waals surface area (Å²) in [5.41, 5.74) is 6.15. The summed E-state index contributed by atoms with van der Waals surface area (Å²) in [4.78, 5) is 11.1. The van der Waals surface area contributed by atoms with Crippen LogP contribution in [0.4, 0.5) is 0 Å². The lowest BCUT2D eigenvalue weighted by atomic mass is 10.3. The van der Waals surface area contributed by atoms with Crippen molar-refractivity contribution < 1.29 is 9.53 Å². The largest absolute Gasteiger partial charge is 0.464 e. The van der Waals surface area contributed by atoms with Gasteiger partial charge in [0.25, 0.3) is 0 Å². The number of aryl methyl sites for hydroxylation is 1. The van der Waals surface area contributed by atoms with Gasteiger partial charge in [0.05, 0.1) is 7.11 Å². The molecule has 0 saturated carbocycles. The summed E-state index contributed by atoms with van der Waals surface area (Å²) < 4.78 is 6.11. The van der Waals surface area contributed by atoms with Gasteiger partial charge in [0.1, 0.15) is 11.5 Å². The minimum absolute atomic E-state index is 0. The van der Waals surface area contributed by atoms with Gasteiger partial charge < -0.3 is 15.0 Å². The van der Waals surface area contributed by atoms with Gasteiger partial charge in [-0.1, -0.05) is 0 Å². The summed E-state index contributed by atoms with van der Waals surface area (Å²) in [6, 6.07) is 1.52. The van der Waals surface area contributed by atoms with E-state index in [4.69, 9.17) is 11.1 Å². The number of amidine groups is 1. The van der Waals surface area contributed by atoms with Crippen molar-refractivity contribution in [2.45, 2.75) is 0 Å². The molecule has 14 heavy (non-hydrogen) atoms. The van der Waals surface area contributed by atoms with Crippen LogP contribution in [0.3, 0.4) is 0 Å². The van der Waals surface area contributed by atoms with E-state index < -0.39 is 5.97 Å². The van der Waals surface area contributed by atoms with Gasteiger partial charge >= 0.3 is 5.97 Å². The average molecular weight is 218 g/mol. The number of nitrogens with two attached hydrogens (primary N) is 1. The number of nitrogens with one attached hydrogen (secondary N) is 1. The topological polar surface area (TPSA) is 81.1 Å². The molecule has 3 N–H and O–H groups in total. The fourth-order valence-electron chi connectivity index (χ4n) is 1.02. The molecule has 1 aromatic heterocycles. The molecule has 0 fully saturated rings. The fraction of sp³-hybridized carbons (Fsp3) is 0.250. The standard InChI is InChI=1S/C8H11N3O2.ClH/c1-11-4-5(7(9)10)3-6(11)8(12)13-2;/h3-4H,1-2H3,(H3,9,10);1H. The second-order valence-corrected chi connectivity index (χ2v) is 2.63. The monoisotopic (exact) mass is 217 g/mol. The third-order valence-corrected chi connectivity index (χ3v) is 1.71. The molecule has 0 amide bonds. The fourth-order valence-corrected chi connectivity index (χ4v) is 1.02. The van der Waals surface area contributed by atoms with Crippen LogP contribution >= 0.6 is 12.4 Å². The van der Waals surface area contributed by atoms with E-state index in [1.54, 1.807) is 17.8 Å². The van der Waals surface area contributed by atoms with Crippen LogP contribution in [0.2, 0.25) is 0 Å². The lowest BCUT2D eigenvalue weighted by Crippen LogP contribution is -2.09. The Morgan fingerprint density at radius 3 is 2.57 bits per heavy atom. The Balaban J connectivity index is 0.00000169. The molecule has 0 aromatic carbocycles. The molecular formula is C8H12ClN3O2. The molecule has 1 rings (SSSR count). The molecule has 0 saturated heterocycles. The van der Waals surface area contributed by atoms with E-state index in [9.17, 15) is 4.79 Å². The maximum Gasteiger partial charge on any atom is 0.354 e. The predicted octanol–water partition coefficient (Wildman–Crippen LogP) is 0.518. The zero-order chi connectivity index (χ0) is 10.0. The van der Waals surface area contributed by atoms with Crippen LogP contribution in [0.5, 0.6) is 0 Å². The first-order valence-electron chi connectivity index (χ1n) is 3.65. The van der Waals surface area contributed by atoms with E-state index in [2.05, 4.69) is 4.74 Å². The molecule has 0 radical (unpaired) electrons. The number of aromatic nitrogens is 1. The van der Waals surface area contributed by atoms with Crippen LogP contribution in [0, 0.1) is 5.41 Å². The molecular weight excluding hydrogens is 206 g/mol. The van der Waals surface area contributed by atoms with E-state index in [0.29, 0.717) is 11.3 Å². The summed E-state index contributed by atoms with van der Waals surface area (Å²) in [5.74, 6) is -0.499. The average Bonchev–Trinajstić information content (AvgIpc) is 2.46.